The van der Waals surface area contributed by atoms with Gasteiger partial charge in [0.05, 0.1) is 0 Å². The maximum absolute atomic E-state index is 11.8. The molecule has 0 radical (unpaired) electrons. The van der Waals surface area contributed by atoms with Crippen molar-refractivity contribution in [2.75, 3.05) is 0 Å². The molecule has 37 heavy (non-hydrogen) atoms. The van der Waals surface area contributed by atoms with E-state index in [1.54, 1.807) is 0 Å². The third-order valence-electron chi connectivity index (χ3n) is 7.38. The Balaban J connectivity index is 2.46. The number of hydrogen-bond acceptors (Lipinski definition) is 4. The van der Waals surface area contributed by atoms with Gasteiger partial charge in [-0.3, -0.25) is 9.59 Å². The first-order valence-corrected chi connectivity index (χ1v) is 14.8. The van der Waals surface area contributed by atoms with E-state index < -0.39 is 0 Å². The first-order valence-electron chi connectivity index (χ1n) is 14.8. The van der Waals surface area contributed by atoms with Gasteiger partial charge in [0, 0.05) is 19.4 Å². The van der Waals surface area contributed by atoms with Gasteiger partial charge in [0.25, 0.3) is 0 Å². The van der Waals surface area contributed by atoms with Crippen molar-refractivity contribution >= 4 is 11.9 Å². The summed E-state index contributed by atoms with van der Waals surface area (Å²) in [6, 6.07) is 0. The molecule has 0 unspecified atom stereocenters. The molecule has 0 atom stereocenters. The molecule has 0 amide bonds. The summed E-state index contributed by atoms with van der Waals surface area (Å²) in [6.07, 6.45) is 23.1. The van der Waals surface area contributed by atoms with Gasteiger partial charge in [0.1, 0.15) is 11.5 Å². The monoisotopic (exact) mass is 514 g/mol. The predicted molar refractivity (Wildman–Crippen MR) is 156 cm³/mol. The molecule has 0 aliphatic rings. The second kappa shape index (κ2) is 19.0. The van der Waals surface area contributed by atoms with Crippen LogP contribution in [-0.2, 0) is 16.0 Å². The second-order valence-corrected chi connectivity index (χ2v) is 10.8. The van der Waals surface area contributed by atoms with Gasteiger partial charge in [-0.25, -0.2) is 0 Å². The van der Waals surface area contributed by atoms with Crippen molar-refractivity contribution in [3.8, 4) is 11.5 Å². The minimum atomic E-state index is -0.346. The lowest BCUT2D eigenvalue weighted by Gasteiger charge is -2.20. The number of allylic oxidation sites excluding steroid dienone is 2. The van der Waals surface area contributed by atoms with Gasteiger partial charge >= 0.3 is 11.9 Å². The van der Waals surface area contributed by atoms with Crippen molar-refractivity contribution in [2.45, 2.75) is 151 Å². The number of carbonyl (C=O) groups is 2. The molecule has 1 aromatic carbocycles. The van der Waals surface area contributed by atoms with Crippen molar-refractivity contribution in [2.24, 2.45) is 0 Å². The highest BCUT2D eigenvalue weighted by Crippen LogP contribution is 2.38. The lowest BCUT2D eigenvalue weighted by molar-refractivity contribution is -0.133. The summed E-state index contributed by atoms with van der Waals surface area (Å²) >= 11 is 0. The number of esters is 2. The molecule has 0 fully saturated rings. The molecule has 1 rings (SSSR count). The molecular weight excluding hydrogens is 460 g/mol. The first-order chi connectivity index (χ1) is 17.7. The molecule has 1 aromatic rings. The number of unbranched alkanes of at least 4 members (excludes halogenated alkanes) is 13. The van der Waals surface area contributed by atoms with Gasteiger partial charge in [-0.1, -0.05) is 102 Å². The SMILES string of the molecule is CCCCCCCCCCCCCCCC/C(C)=C/Cc1c(C)c(OC(C)=O)c(C)c(C)c1OC(C)=O. The molecular formula is C33H54O4. The van der Waals surface area contributed by atoms with E-state index in [0.717, 1.165) is 28.7 Å². The molecule has 210 valence electrons. The van der Waals surface area contributed by atoms with Crippen LogP contribution in [0, 0.1) is 20.8 Å². The number of ether oxygens (including phenoxy) is 2. The van der Waals surface area contributed by atoms with E-state index in [9.17, 15) is 9.59 Å². The molecule has 0 bridgehead atoms. The van der Waals surface area contributed by atoms with Crippen LogP contribution < -0.4 is 9.47 Å². The lowest BCUT2D eigenvalue weighted by atomic mass is 9.94. The zero-order valence-electron chi connectivity index (χ0n) is 25.0. The van der Waals surface area contributed by atoms with E-state index in [2.05, 4.69) is 19.9 Å². The summed E-state index contributed by atoms with van der Waals surface area (Å²) in [7, 11) is 0. The van der Waals surface area contributed by atoms with Crippen molar-refractivity contribution < 1.29 is 19.1 Å². The van der Waals surface area contributed by atoms with Gasteiger partial charge in [-0.05, 0) is 63.6 Å². The first kappa shape index (κ1) is 32.9. The average Bonchev–Trinajstić information content (AvgIpc) is 2.84. The second-order valence-electron chi connectivity index (χ2n) is 10.8. The molecule has 0 aliphatic heterocycles. The van der Waals surface area contributed by atoms with Crippen LogP contribution in [0.15, 0.2) is 11.6 Å². The molecule has 0 aliphatic carbocycles. The summed E-state index contributed by atoms with van der Waals surface area (Å²) in [6.45, 7) is 13.0. The van der Waals surface area contributed by atoms with Crippen LogP contribution in [0.1, 0.15) is 146 Å². The van der Waals surface area contributed by atoms with Crippen molar-refractivity contribution in [3.63, 3.8) is 0 Å². The molecule has 0 spiro atoms. The molecule has 0 saturated heterocycles. The van der Waals surface area contributed by atoms with E-state index in [-0.39, 0.29) is 11.9 Å². The maximum atomic E-state index is 11.8. The molecule has 0 N–H and O–H groups in total. The fourth-order valence-electron chi connectivity index (χ4n) is 4.96. The highest BCUT2D eigenvalue weighted by atomic mass is 16.5. The van der Waals surface area contributed by atoms with E-state index in [0.29, 0.717) is 17.9 Å². The minimum Gasteiger partial charge on any atom is -0.426 e. The van der Waals surface area contributed by atoms with Crippen LogP contribution in [0.2, 0.25) is 0 Å². The van der Waals surface area contributed by atoms with Gasteiger partial charge in [-0.2, -0.15) is 0 Å². The Kier molecular flexibility index (Phi) is 16.9. The van der Waals surface area contributed by atoms with Crippen LogP contribution in [0.3, 0.4) is 0 Å². The van der Waals surface area contributed by atoms with E-state index in [4.69, 9.17) is 9.47 Å². The zero-order chi connectivity index (χ0) is 27.6. The van der Waals surface area contributed by atoms with Crippen molar-refractivity contribution in [1.29, 1.82) is 0 Å². The summed E-state index contributed by atoms with van der Waals surface area (Å²) in [5.74, 6) is 0.487. The van der Waals surface area contributed by atoms with Gasteiger partial charge in [0.15, 0.2) is 0 Å². The predicted octanol–water partition coefficient (Wildman–Crippen LogP) is 9.82. The smallest absolute Gasteiger partial charge is 0.308 e. The third kappa shape index (κ3) is 13.3. The van der Waals surface area contributed by atoms with Crippen molar-refractivity contribution in [3.05, 3.63) is 33.9 Å². The Morgan fingerprint density at radius 2 is 1.00 bits per heavy atom. The van der Waals surface area contributed by atoms with E-state index in [1.165, 1.54) is 109 Å². The topological polar surface area (TPSA) is 52.6 Å². The van der Waals surface area contributed by atoms with Crippen molar-refractivity contribution in [1.82, 2.24) is 0 Å². The van der Waals surface area contributed by atoms with Crippen LogP contribution in [0.4, 0.5) is 0 Å². The van der Waals surface area contributed by atoms with Crippen LogP contribution in [-0.4, -0.2) is 11.9 Å². The maximum Gasteiger partial charge on any atom is 0.308 e. The van der Waals surface area contributed by atoms with E-state index in [1.807, 2.05) is 20.8 Å². The number of hydrogen-bond donors (Lipinski definition) is 0. The minimum absolute atomic E-state index is 0.341. The molecule has 0 saturated carbocycles. The zero-order valence-corrected chi connectivity index (χ0v) is 25.0. The average molecular weight is 515 g/mol. The number of benzene rings is 1. The summed E-state index contributed by atoms with van der Waals surface area (Å²) in [5, 5.41) is 0. The molecule has 4 heteroatoms. The molecule has 0 aromatic heterocycles. The standard InChI is InChI=1S/C33H54O4/c1-8-9-10-11-12-13-14-15-16-17-18-19-20-21-22-25(2)23-24-31-28(5)32(36-29(6)34)26(3)27(4)33(31)37-30(7)35/h23H,8-22,24H2,1-7H3/b25-23+. The fraction of sp³-hybridized carbons (Fsp3) is 0.697. The quantitative estimate of drug-likeness (QED) is 0.0797. The molecule has 4 nitrogen and oxygen atoms in total. The largest absolute Gasteiger partial charge is 0.426 e. The summed E-state index contributed by atoms with van der Waals surface area (Å²) in [4.78, 5) is 23.4. The Morgan fingerprint density at radius 1 is 0.595 bits per heavy atom. The molecule has 0 heterocycles. The highest BCUT2D eigenvalue weighted by molar-refractivity contribution is 5.74. The normalized spacial score (nSPS) is 11.6. The van der Waals surface area contributed by atoms with Crippen LogP contribution in [0.5, 0.6) is 11.5 Å². The third-order valence-corrected chi connectivity index (χ3v) is 7.38. The Labute approximate surface area is 227 Å². The summed E-state index contributed by atoms with van der Waals surface area (Å²) < 4.78 is 11.1. The lowest BCUT2D eigenvalue weighted by Crippen LogP contribution is -2.11. The Hall–Kier alpha value is -2.10. The van der Waals surface area contributed by atoms with Gasteiger partial charge < -0.3 is 9.47 Å². The number of rotatable bonds is 19. The highest BCUT2D eigenvalue weighted by Gasteiger charge is 2.21. The van der Waals surface area contributed by atoms with E-state index >= 15 is 0 Å². The Bertz CT molecular complexity index is 866. The fourth-order valence-corrected chi connectivity index (χ4v) is 4.96. The summed E-state index contributed by atoms with van der Waals surface area (Å²) in [5.41, 5.74) is 4.78. The number of carbonyl (C=O) groups excluding carboxylic acids is 2. The van der Waals surface area contributed by atoms with Crippen LogP contribution >= 0.6 is 0 Å². The van der Waals surface area contributed by atoms with Gasteiger partial charge in [0.2, 0.25) is 0 Å². The van der Waals surface area contributed by atoms with Crippen LogP contribution in [0.25, 0.3) is 0 Å². The van der Waals surface area contributed by atoms with Gasteiger partial charge in [-0.15, -0.1) is 0 Å². The Morgan fingerprint density at radius 3 is 1.46 bits per heavy atom.